The summed E-state index contributed by atoms with van der Waals surface area (Å²) in [4.78, 5) is 7.74. The Morgan fingerprint density at radius 2 is 2.05 bits per heavy atom. The summed E-state index contributed by atoms with van der Waals surface area (Å²) in [6, 6.07) is 5.62. The number of aryl methyl sites for hydroxylation is 1. The van der Waals surface area contributed by atoms with Gasteiger partial charge in [0.15, 0.2) is 0 Å². The third-order valence-corrected chi connectivity index (χ3v) is 4.26. The molecule has 0 aromatic carbocycles. The van der Waals surface area contributed by atoms with Gasteiger partial charge in [0.25, 0.3) is 0 Å². The van der Waals surface area contributed by atoms with Crippen molar-refractivity contribution in [1.29, 1.82) is 0 Å². The highest BCUT2D eigenvalue weighted by Gasteiger charge is 2.10. The summed E-state index contributed by atoms with van der Waals surface area (Å²) in [5.74, 6) is -0.242. The van der Waals surface area contributed by atoms with E-state index in [0.29, 0.717) is 0 Å². The average Bonchev–Trinajstić information content (AvgIpc) is 2.92. The van der Waals surface area contributed by atoms with E-state index in [2.05, 4.69) is 16.0 Å². The minimum Gasteiger partial charge on any atom is -0.370 e. The van der Waals surface area contributed by atoms with E-state index in [1.165, 1.54) is 17.3 Å². The molecule has 0 spiro atoms. The van der Waals surface area contributed by atoms with Gasteiger partial charge in [-0.25, -0.2) is 9.37 Å². The lowest BCUT2D eigenvalue weighted by atomic mass is 10.3. The van der Waals surface area contributed by atoms with Crippen molar-refractivity contribution in [3.63, 3.8) is 0 Å². The molecule has 0 aliphatic carbocycles. The summed E-state index contributed by atoms with van der Waals surface area (Å²) in [6.07, 6.45) is 3.33. The van der Waals surface area contributed by atoms with Gasteiger partial charge >= 0.3 is 0 Å². The van der Waals surface area contributed by atoms with Crippen LogP contribution in [0.2, 0.25) is 0 Å². The number of pyridine rings is 1. The van der Waals surface area contributed by atoms with Gasteiger partial charge in [0.05, 0.1) is 15.6 Å². The fourth-order valence-corrected chi connectivity index (χ4v) is 2.93. The molecule has 3 nitrogen and oxygen atoms in total. The highest BCUT2D eigenvalue weighted by Crippen LogP contribution is 2.32. The maximum Gasteiger partial charge on any atom is 0.140 e. The maximum absolute atomic E-state index is 13.4. The Kier molecular flexibility index (Phi) is 2.78. The Morgan fingerprint density at radius 3 is 2.74 bits per heavy atom. The topological polar surface area (TPSA) is 20.5 Å². The van der Waals surface area contributed by atoms with Crippen molar-refractivity contribution in [3.05, 3.63) is 42.0 Å². The van der Waals surface area contributed by atoms with Crippen LogP contribution in [0.4, 0.5) is 9.39 Å². The summed E-state index contributed by atoms with van der Waals surface area (Å²) >= 11 is 1.68. The molecule has 0 unspecified atom stereocenters. The summed E-state index contributed by atoms with van der Waals surface area (Å²) in [5.41, 5.74) is 2.53. The van der Waals surface area contributed by atoms with Crippen LogP contribution in [0.3, 0.4) is 0 Å². The second-order valence-electron chi connectivity index (χ2n) is 4.73. The van der Waals surface area contributed by atoms with E-state index in [9.17, 15) is 4.39 Å². The molecule has 0 radical (unpaired) electrons. The van der Waals surface area contributed by atoms with Gasteiger partial charge in [0, 0.05) is 26.5 Å². The van der Waals surface area contributed by atoms with Crippen LogP contribution in [0.5, 0.6) is 0 Å². The number of aromatic nitrogens is 2. The van der Waals surface area contributed by atoms with Crippen LogP contribution in [0.15, 0.2) is 30.6 Å². The molecule has 0 atom stereocenters. The van der Waals surface area contributed by atoms with Gasteiger partial charge in [-0.1, -0.05) is 0 Å². The minimum atomic E-state index is -0.242. The largest absolute Gasteiger partial charge is 0.370 e. The van der Waals surface area contributed by atoms with E-state index >= 15 is 0 Å². The lowest BCUT2D eigenvalue weighted by molar-refractivity contribution is 0.618. The molecule has 3 heterocycles. The Morgan fingerprint density at radius 1 is 1.26 bits per heavy atom. The van der Waals surface area contributed by atoms with Crippen molar-refractivity contribution >= 4 is 22.0 Å². The molecule has 0 amide bonds. The van der Waals surface area contributed by atoms with Crippen LogP contribution >= 0.6 is 11.3 Å². The average molecular weight is 275 g/mol. The Bertz CT molecular complexity index is 742. The Balaban J connectivity index is 2.12. The number of anilines is 1. The summed E-state index contributed by atoms with van der Waals surface area (Å²) in [6.45, 7) is 1.87. The quantitative estimate of drug-likeness (QED) is 0.712. The van der Waals surface area contributed by atoms with Crippen LogP contribution in [0.25, 0.3) is 16.2 Å². The van der Waals surface area contributed by atoms with Crippen molar-refractivity contribution in [2.75, 3.05) is 19.0 Å². The van der Waals surface area contributed by atoms with Gasteiger partial charge in [0.1, 0.15) is 11.5 Å². The van der Waals surface area contributed by atoms with Crippen molar-refractivity contribution in [1.82, 2.24) is 9.38 Å². The fourth-order valence-electron chi connectivity index (χ4n) is 2.05. The number of halogens is 1. The van der Waals surface area contributed by atoms with Gasteiger partial charge in [-0.3, -0.25) is 0 Å². The lowest BCUT2D eigenvalue weighted by Gasteiger charge is -2.06. The molecule has 0 aliphatic rings. The van der Waals surface area contributed by atoms with Gasteiger partial charge in [-0.05, 0) is 30.7 Å². The van der Waals surface area contributed by atoms with Crippen LogP contribution in [0, 0.1) is 12.7 Å². The van der Waals surface area contributed by atoms with Crippen molar-refractivity contribution in [2.45, 2.75) is 6.92 Å². The third kappa shape index (κ3) is 2.10. The molecule has 3 rings (SSSR count). The fraction of sp³-hybridized carbons (Fsp3) is 0.214. The molecule has 0 fully saturated rings. The van der Waals surface area contributed by atoms with E-state index < -0.39 is 0 Å². The van der Waals surface area contributed by atoms with Gasteiger partial charge < -0.3 is 9.30 Å². The SMILES string of the molecule is Cc1cc(F)cn2cc(-c3ccc(N(C)C)s3)nc12. The second kappa shape index (κ2) is 4.35. The molecule has 3 aromatic rings. The van der Waals surface area contributed by atoms with E-state index in [4.69, 9.17) is 0 Å². The summed E-state index contributed by atoms with van der Waals surface area (Å²) < 4.78 is 15.1. The first-order chi connectivity index (χ1) is 9.04. The first kappa shape index (κ1) is 12.2. The number of rotatable bonds is 2. The lowest BCUT2D eigenvalue weighted by Crippen LogP contribution is -2.05. The molecule has 0 bridgehead atoms. The number of fused-ring (bicyclic) bond motifs is 1. The summed E-state index contributed by atoms with van der Waals surface area (Å²) in [7, 11) is 4.03. The zero-order chi connectivity index (χ0) is 13.6. The first-order valence-corrected chi connectivity index (χ1v) is 6.78. The van der Waals surface area contributed by atoms with Crippen LogP contribution < -0.4 is 4.90 Å². The predicted octanol–water partition coefficient (Wildman–Crippen LogP) is 3.58. The number of thiophene rings is 1. The predicted molar refractivity (Wildman–Crippen MR) is 77.5 cm³/mol. The van der Waals surface area contributed by atoms with Gasteiger partial charge in [-0.2, -0.15) is 0 Å². The molecule has 5 heteroatoms. The Hall–Kier alpha value is -1.88. The van der Waals surface area contributed by atoms with Crippen molar-refractivity contribution in [3.8, 4) is 10.6 Å². The molecule has 98 valence electrons. The standard InChI is InChI=1S/C14H14FN3S/c1-9-6-10(15)7-18-8-11(16-14(9)18)12-4-5-13(19-12)17(2)3/h4-8H,1-3H3. The van der Waals surface area contributed by atoms with E-state index in [1.807, 2.05) is 33.3 Å². The van der Waals surface area contributed by atoms with Crippen LogP contribution in [-0.4, -0.2) is 23.5 Å². The molecule has 0 saturated heterocycles. The van der Waals surface area contributed by atoms with Crippen LogP contribution in [-0.2, 0) is 0 Å². The van der Waals surface area contributed by atoms with E-state index in [-0.39, 0.29) is 5.82 Å². The smallest absolute Gasteiger partial charge is 0.140 e. The number of hydrogen-bond acceptors (Lipinski definition) is 3. The third-order valence-electron chi connectivity index (χ3n) is 2.99. The van der Waals surface area contributed by atoms with Crippen LogP contribution in [0.1, 0.15) is 5.56 Å². The Labute approximate surface area is 114 Å². The molecular weight excluding hydrogens is 261 g/mol. The maximum atomic E-state index is 13.4. The number of hydrogen-bond donors (Lipinski definition) is 0. The zero-order valence-electron chi connectivity index (χ0n) is 11.0. The first-order valence-electron chi connectivity index (χ1n) is 5.97. The highest BCUT2D eigenvalue weighted by molar-refractivity contribution is 7.19. The van der Waals surface area contributed by atoms with Crippen molar-refractivity contribution in [2.24, 2.45) is 0 Å². The molecule has 0 saturated carbocycles. The molecular formula is C14H14FN3S. The van der Waals surface area contributed by atoms with E-state index in [1.54, 1.807) is 15.7 Å². The van der Waals surface area contributed by atoms with Crippen molar-refractivity contribution < 1.29 is 4.39 Å². The van der Waals surface area contributed by atoms with Gasteiger partial charge in [0.2, 0.25) is 0 Å². The molecule has 19 heavy (non-hydrogen) atoms. The second-order valence-corrected chi connectivity index (χ2v) is 5.79. The molecule has 0 aliphatic heterocycles. The summed E-state index contributed by atoms with van der Waals surface area (Å²) in [5, 5.41) is 1.18. The monoisotopic (exact) mass is 275 g/mol. The van der Waals surface area contributed by atoms with E-state index in [0.717, 1.165) is 21.8 Å². The molecule has 3 aromatic heterocycles. The highest BCUT2D eigenvalue weighted by atomic mass is 32.1. The number of nitrogens with zero attached hydrogens (tertiary/aromatic N) is 3. The normalized spacial score (nSPS) is 11.2. The molecule has 0 N–H and O–H groups in total. The zero-order valence-corrected chi connectivity index (χ0v) is 11.8. The minimum absolute atomic E-state index is 0.242. The van der Waals surface area contributed by atoms with Gasteiger partial charge in [-0.15, -0.1) is 11.3 Å². The number of imidazole rings is 1.